The highest BCUT2D eigenvalue weighted by Crippen LogP contribution is 2.50. The number of hydrogen-bond acceptors (Lipinski definition) is 6. The number of carbonyl (C=O) groups excluding carboxylic acids is 2. The van der Waals surface area contributed by atoms with Crippen molar-refractivity contribution in [3.63, 3.8) is 0 Å². The summed E-state index contributed by atoms with van der Waals surface area (Å²) in [5.74, 6) is 1.44. The third-order valence-corrected chi connectivity index (χ3v) is 10.1. The summed E-state index contributed by atoms with van der Waals surface area (Å²) in [6.07, 6.45) is 7.62. The highest BCUT2D eigenvalue weighted by Gasteiger charge is 2.53. The molecule has 8 rings (SSSR count). The number of hydrogen-bond donors (Lipinski definition) is 2. The molecule has 4 heterocycles. The first-order chi connectivity index (χ1) is 22.7. The number of piperidine rings is 1. The van der Waals surface area contributed by atoms with Gasteiger partial charge in [-0.1, -0.05) is 31.4 Å². The number of nitrogens with zero attached hydrogens (tertiary/aromatic N) is 4. The number of aryl methyl sites for hydroxylation is 2. The molecule has 3 aromatic carbocycles. The van der Waals surface area contributed by atoms with Crippen LogP contribution in [0.25, 0.3) is 16.6 Å². The van der Waals surface area contributed by atoms with Crippen molar-refractivity contribution in [2.45, 2.75) is 52.4 Å². The normalized spacial score (nSPS) is 18.6. The summed E-state index contributed by atoms with van der Waals surface area (Å²) < 4.78 is 21.4. The van der Waals surface area contributed by atoms with E-state index in [9.17, 15) is 14.0 Å². The van der Waals surface area contributed by atoms with Gasteiger partial charge in [0.25, 0.3) is 0 Å². The maximum atomic E-state index is 14.1. The van der Waals surface area contributed by atoms with Crippen molar-refractivity contribution < 1.29 is 18.7 Å². The number of anilines is 2. The number of halogens is 1. The van der Waals surface area contributed by atoms with E-state index >= 15 is 0 Å². The molecule has 1 saturated heterocycles. The predicted octanol–water partition coefficient (Wildman–Crippen LogP) is 7.43. The molecule has 10 heteroatoms. The number of aromatic nitrogens is 3. The van der Waals surface area contributed by atoms with Gasteiger partial charge in [0.2, 0.25) is 11.7 Å². The van der Waals surface area contributed by atoms with E-state index in [1.807, 2.05) is 43.0 Å². The Hall–Kier alpha value is -5.25. The van der Waals surface area contributed by atoms with Crippen LogP contribution in [-0.4, -0.2) is 38.8 Å². The van der Waals surface area contributed by atoms with Gasteiger partial charge in [-0.2, -0.15) is 5.10 Å². The number of rotatable bonds is 6. The number of aliphatic imine (C=N–C) groups is 1. The molecular weight excluding hydrogens is 595 g/mol. The highest BCUT2D eigenvalue weighted by molar-refractivity contribution is 6.23. The van der Waals surface area contributed by atoms with Crippen LogP contribution in [0.5, 0.6) is 11.5 Å². The van der Waals surface area contributed by atoms with Gasteiger partial charge in [0, 0.05) is 16.8 Å². The van der Waals surface area contributed by atoms with Crippen molar-refractivity contribution >= 4 is 39.9 Å². The van der Waals surface area contributed by atoms with E-state index in [1.54, 1.807) is 30.3 Å². The largest absolute Gasteiger partial charge is 0.454 e. The van der Waals surface area contributed by atoms with Crippen LogP contribution < -0.4 is 15.4 Å². The number of para-hydroxylation sites is 1. The van der Waals surface area contributed by atoms with Gasteiger partial charge < -0.3 is 15.5 Å². The first-order valence-corrected chi connectivity index (χ1v) is 16.2. The quantitative estimate of drug-likeness (QED) is 0.189. The van der Waals surface area contributed by atoms with Crippen LogP contribution in [0.3, 0.4) is 0 Å². The van der Waals surface area contributed by atoms with Gasteiger partial charge in [0.15, 0.2) is 11.6 Å². The molecule has 5 aromatic rings. The van der Waals surface area contributed by atoms with Crippen LogP contribution in [0.15, 0.2) is 71.9 Å². The first-order valence-electron chi connectivity index (χ1n) is 16.2. The van der Waals surface area contributed by atoms with E-state index in [2.05, 4.69) is 15.1 Å². The van der Waals surface area contributed by atoms with E-state index in [1.165, 1.54) is 23.4 Å². The molecule has 47 heavy (non-hydrogen) atoms. The maximum absolute atomic E-state index is 14.1. The minimum Gasteiger partial charge on any atom is -0.454 e. The molecule has 1 amide bonds. The van der Waals surface area contributed by atoms with Crippen LogP contribution in [-0.2, 0) is 4.79 Å². The minimum absolute atomic E-state index is 0.132. The van der Waals surface area contributed by atoms with Gasteiger partial charge in [-0.05, 0) is 92.8 Å². The van der Waals surface area contributed by atoms with Crippen LogP contribution in [0.1, 0.15) is 65.7 Å². The van der Waals surface area contributed by atoms with E-state index in [-0.39, 0.29) is 34.2 Å². The zero-order chi connectivity index (χ0) is 32.4. The Morgan fingerprint density at radius 1 is 1.02 bits per heavy atom. The first kappa shape index (κ1) is 29.2. The molecule has 2 fully saturated rings. The Morgan fingerprint density at radius 2 is 1.83 bits per heavy atom. The fourth-order valence-electron chi connectivity index (χ4n) is 7.55. The Morgan fingerprint density at radius 3 is 2.57 bits per heavy atom. The van der Waals surface area contributed by atoms with Crippen LogP contribution >= 0.6 is 0 Å². The number of nitrogens with one attached hydrogen (secondary N) is 1. The monoisotopic (exact) mass is 630 g/mol. The highest BCUT2D eigenvalue weighted by atomic mass is 19.1. The third-order valence-electron chi connectivity index (χ3n) is 10.1. The van der Waals surface area contributed by atoms with Gasteiger partial charge in [-0.25, -0.2) is 9.07 Å². The van der Waals surface area contributed by atoms with E-state index in [4.69, 9.17) is 10.5 Å². The second-order valence-electron chi connectivity index (χ2n) is 13.2. The van der Waals surface area contributed by atoms with Crippen molar-refractivity contribution in [1.29, 1.82) is 0 Å². The lowest BCUT2D eigenvalue weighted by atomic mass is 9.64. The van der Waals surface area contributed by atoms with Gasteiger partial charge >= 0.3 is 0 Å². The molecule has 1 spiro atoms. The van der Waals surface area contributed by atoms with Crippen molar-refractivity contribution in [1.82, 2.24) is 14.8 Å². The molecule has 9 nitrogen and oxygen atoms in total. The number of benzene rings is 3. The fourth-order valence-corrected chi connectivity index (χ4v) is 7.55. The SMILES string of the molecule is Cc1cc(-n2ncc(C(=O)c3cc4cc(C)c(N5C(=O)C6(CCCCC6)C[C@@H]6CN=C65)cc4[nH]3)c2N)ccc1Oc1ccccc1F. The van der Waals surface area contributed by atoms with E-state index < -0.39 is 5.82 Å². The maximum Gasteiger partial charge on any atom is 0.238 e. The van der Waals surface area contributed by atoms with Crippen molar-refractivity contribution in [3.8, 4) is 17.2 Å². The summed E-state index contributed by atoms with van der Waals surface area (Å²) in [7, 11) is 0. The molecular formula is C37H35FN6O3. The van der Waals surface area contributed by atoms with Gasteiger partial charge in [-0.3, -0.25) is 19.5 Å². The zero-order valence-corrected chi connectivity index (χ0v) is 26.3. The summed E-state index contributed by atoms with van der Waals surface area (Å²) in [6, 6.07) is 17.3. The molecule has 2 aromatic heterocycles. The molecule has 238 valence electrons. The smallest absolute Gasteiger partial charge is 0.238 e. The zero-order valence-electron chi connectivity index (χ0n) is 26.3. The summed E-state index contributed by atoms with van der Waals surface area (Å²) >= 11 is 0. The number of ether oxygens (including phenoxy) is 1. The molecule has 0 bridgehead atoms. The van der Waals surface area contributed by atoms with Crippen molar-refractivity contribution in [2.75, 3.05) is 17.2 Å². The Kier molecular flexibility index (Phi) is 6.78. The van der Waals surface area contributed by atoms with Gasteiger partial charge in [0.05, 0.1) is 40.8 Å². The van der Waals surface area contributed by atoms with Gasteiger partial charge in [0.1, 0.15) is 17.4 Å². The molecule has 2 aliphatic heterocycles. The number of nitrogen functional groups attached to an aromatic ring is 1. The molecule has 3 N–H and O–H groups in total. The van der Waals surface area contributed by atoms with Crippen LogP contribution in [0.4, 0.5) is 15.9 Å². The average Bonchev–Trinajstić information content (AvgIpc) is 3.65. The van der Waals surface area contributed by atoms with Crippen LogP contribution in [0, 0.1) is 31.0 Å². The lowest BCUT2D eigenvalue weighted by Gasteiger charge is -2.50. The number of amides is 1. The number of ketones is 1. The summed E-state index contributed by atoms with van der Waals surface area (Å²) in [5, 5.41) is 5.28. The lowest BCUT2D eigenvalue weighted by molar-refractivity contribution is -0.131. The van der Waals surface area contributed by atoms with Crippen LogP contribution in [0.2, 0.25) is 0 Å². The molecule has 3 aliphatic rings. The molecule has 1 saturated carbocycles. The van der Waals surface area contributed by atoms with E-state index in [0.717, 1.165) is 72.2 Å². The minimum atomic E-state index is -0.451. The topological polar surface area (TPSA) is 119 Å². The predicted molar refractivity (Wildman–Crippen MR) is 179 cm³/mol. The number of aromatic amines is 1. The molecule has 0 unspecified atom stereocenters. The fraction of sp³-hybridized carbons (Fsp3) is 0.297. The number of carbonyl (C=O) groups is 2. The number of fused-ring (bicyclic) bond motifs is 2. The number of H-pyrrole nitrogens is 1. The third kappa shape index (κ3) is 4.73. The standard InChI is InChI=1S/C37H35FN6O3/c1-21-14-23-16-29(42-28(23)17-30(21)43-35-24(19-40-35)18-37(36(43)46)12-6-3-7-13-37)33(45)26-20-41-44(34(26)39)25-10-11-31(22(2)15-25)47-32-9-5-4-8-27(32)38/h4-5,8-11,14-17,20,24,42H,3,6-7,12-13,18-19,39H2,1-2H3/t24-/m1/s1. The van der Waals surface area contributed by atoms with Crippen molar-refractivity contribution in [2.24, 2.45) is 16.3 Å². The van der Waals surface area contributed by atoms with Gasteiger partial charge in [-0.15, -0.1) is 0 Å². The average molecular weight is 631 g/mol. The second-order valence-corrected chi connectivity index (χ2v) is 13.2. The number of nitrogens with two attached hydrogens (primary N) is 1. The second kappa shape index (κ2) is 10.9. The molecule has 0 radical (unpaired) electrons. The Labute approximate surface area is 271 Å². The summed E-state index contributed by atoms with van der Waals surface area (Å²) in [4.78, 5) is 37.7. The summed E-state index contributed by atoms with van der Waals surface area (Å²) in [6.45, 7) is 4.63. The lowest BCUT2D eigenvalue weighted by Crippen LogP contribution is -2.60. The number of amidine groups is 1. The van der Waals surface area contributed by atoms with Crippen molar-refractivity contribution in [3.05, 3.63) is 95.1 Å². The van der Waals surface area contributed by atoms with E-state index in [0.29, 0.717) is 23.0 Å². The molecule has 1 aliphatic carbocycles. The summed E-state index contributed by atoms with van der Waals surface area (Å²) in [5.41, 5.74) is 10.7. The Bertz CT molecular complexity index is 2120. The molecule has 1 atom stereocenters. The Balaban J connectivity index is 1.07.